The SMILES string of the molecule is C[C@H]1C2=C(CCN1C(=O)c1cccc(C(F)(F)F)c1Cl)N(c1cc(F)ccn1)NN2. The molecule has 158 valence electrons. The highest BCUT2D eigenvalue weighted by atomic mass is 35.5. The van der Waals surface area contributed by atoms with E-state index in [2.05, 4.69) is 15.9 Å². The van der Waals surface area contributed by atoms with E-state index in [1.807, 2.05) is 0 Å². The lowest BCUT2D eigenvalue weighted by atomic mass is 10.0. The molecule has 1 aromatic carbocycles. The van der Waals surface area contributed by atoms with Gasteiger partial charge in [0.15, 0.2) is 5.82 Å². The molecule has 2 aliphatic rings. The molecule has 1 amide bonds. The Bertz CT molecular complexity index is 1040. The van der Waals surface area contributed by atoms with Gasteiger partial charge in [-0.15, -0.1) is 5.53 Å². The number of pyridine rings is 1. The Labute approximate surface area is 174 Å². The lowest BCUT2D eigenvalue weighted by molar-refractivity contribution is -0.137. The Hall–Kier alpha value is -2.85. The van der Waals surface area contributed by atoms with Crippen molar-refractivity contribution in [3.63, 3.8) is 0 Å². The predicted octanol–water partition coefficient (Wildman–Crippen LogP) is 3.87. The van der Waals surface area contributed by atoms with Crippen molar-refractivity contribution >= 4 is 23.3 Å². The minimum absolute atomic E-state index is 0.211. The van der Waals surface area contributed by atoms with Crippen molar-refractivity contribution in [2.45, 2.75) is 25.6 Å². The Morgan fingerprint density at radius 2 is 2.07 bits per heavy atom. The summed E-state index contributed by atoms with van der Waals surface area (Å²) in [6.07, 6.45) is -2.95. The minimum atomic E-state index is -4.66. The summed E-state index contributed by atoms with van der Waals surface area (Å²) in [4.78, 5) is 18.6. The van der Waals surface area contributed by atoms with Gasteiger partial charge in [0, 0.05) is 25.2 Å². The molecule has 1 atom stereocenters. The second kappa shape index (κ2) is 7.44. The Morgan fingerprint density at radius 3 is 2.77 bits per heavy atom. The summed E-state index contributed by atoms with van der Waals surface area (Å²) in [6.45, 7) is 1.98. The van der Waals surface area contributed by atoms with Crippen LogP contribution in [0.5, 0.6) is 0 Å². The first kappa shape index (κ1) is 20.4. The molecule has 0 radical (unpaired) electrons. The van der Waals surface area contributed by atoms with Crippen molar-refractivity contribution in [2.75, 3.05) is 11.6 Å². The summed E-state index contributed by atoms with van der Waals surface area (Å²) in [7, 11) is 0. The van der Waals surface area contributed by atoms with Crippen LogP contribution in [0.25, 0.3) is 0 Å². The fourth-order valence-corrected chi connectivity index (χ4v) is 3.92. The van der Waals surface area contributed by atoms with Crippen LogP contribution in [0, 0.1) is 5.82 Å². The quantitative estimate of drug-likeness (QED) is 0.693. The van der Waals surface area contributed by atoms with Crippen LogP contribution in [-0.2, 0) is 6.18 Å². The first-order valence-electron chi connectivity index (χ1n) is 9.01. The summed E-state index contributed by atoms with van der Waals surface area (Å²) >= 11 is 5.93. The molecular formula is C19H16ClF4N5O. The van der Waals surface area contributed by atoms with Gasteiger partial charge >= 0.3 is 6.18 Å². The van der Waals surface area contributed by atoms with Gasteiger partial charge in [0.1, 0.15) is 5.82 Å². The van der Waals surface area contributed by atoms with Crippen LogP contribution >= 0.6 is 11.6 Å². The van der Waals surface area contributed by atoms with Crippen molar-refractivity contribution in [3.8, 4) is 0 Å². The molecule has 3 heterocycles. The monoisotopic (exact) mass is 441 g/mol. The molecule has 0 unspecified atom stereocenters. The van der Waals surface area contributed by atoms with Gasteiger partial charge < -0.3 is 10.3 Å². The van der Waals surface area contributed by atoms with Gasteiger partial charge in [0.2, 0.25) is 0 Å². The van der Waals surface area contributed by atoms with Gasteiger partial charge in [-0.1, -0.05) is 17.7 Å². The normalized spacial score (nSPS) is 19.1. The molecule has 0 aliphatic carbocycles. The lowest BCUT2D eigenvalue weighted by Crippen LogP contribution is -2.46. The zero-order valence-corrected chi connectivity index (χ0v) is 16.4. The molecule has 2 aliphatic heterocycles. The van der Waals surface area contributed by atoms with Gasteiger partial charge in [0.25, 0.3) is 5.91 Å². The van der Waals surface area contributed by atoms with Gasteiger partial charge in [-0.3, -0.25) is 4.79 Å². The van der Waals surface area contributed by atoms with Crippen LogP contribution in [-0.4, -0.2) is 28.4 Å². The first-order chi connectivity index (χ1) is 14.2. The highest BCUT2D eigenvalue weighted by Crippen LogP contribution is 2.37. The van der Waals surface area contributed by atoms with Crippen molar-refractivity contribution in [1.82, 2.24) is 20.8 Å². The number of amides is 1. The number of alkyl halides is 3. The fraction of sp³-hybridized carbons (Fsp3) is 0.263. The van der Waals surface area contributed by atoms with Gasteiger partial charge in [-0.05, 0) is 25.1 Å². The molecule has 0 saturated carbocycles. The smallest absolute Gasteiger partial charge is 0.330 e. The molecule has 1 aromatic heterocycles. The second-order valence-electron chi connectivity index (χ2n) is 6.85. The van der Waals surface area contributed by atoms with E-state index in [0.29, 0.717) is 17.9 Å². The van der Waals surface area contributed by atoms with E-state index in [1.54, 1.807) is 11.9 Å². The van der Waals surface area contributed by atoms with Crippen LogP contribution < -0.4 is 16.0 Å². The van der Waals surface area contributed by atoms with Gasteiger partial charge in [-0.2, -0.15) is 13.2 Å². The number of anilines is 1. The summed E-state index contributed by atoms with van der Waals surface area (Å²) in [5.41, 5.74) is 5.97. The third-order valence-electron chi connectivity index (χ3n) is 5.09. The zero-order chi connectivity index (χ0) is 21.6. The minimum Gasteiger partial charge on any atom is -0.330 e. The number of carbonyl (C=O) groups excluding carboxylic acids is 1. The molecule has 0 spiro atoms. The highest BCUT2D eigenvalue weighted by Gasteiger charge is 2.39. The molecule has 30 heavy (non-hydrogen) atoms. The van der Waals surface area contributed by atoms with E-state index in [9.17, 15) is 22.4 Å². The van der Waals surface area contributed by atoms with Gasteiger partial charge in [-0.25, -0.2) is 14.4 Å². The number of hydrogen-bond acceptors (Lipinski definition) is 5. The second-order valence-corrected chi connectivity index (χ2v) is 7.23. The number of rotatable bonds is 2. The lowest BCUT2D eigenvalue weighted by Gasteiger charge is -2.35. The third-order valence-corrected chi connectivity index (χ3v) is 5.50. The maximum absolute atomic E-state index is 13.6. The topological polar surface area (TPSA) is 60.5 Å². The number of hydrogen-bond donors (Lipinski definition) is 2. The maximum Gasteiger partial charge on any atom is 0.417 e. The van der Waals surface area contributed by atoms with Crippen molar-refractivity contribution in [2.24, 2.45) is 0 Å². The van der Waals surface area contributed by atoms with E-state index < -0.39 is 34.5 Å². The number of carbonyl (C=O) groups is 1. The number of nitrogens with zero attached hydrogens (tertiary/aromatic N) is 3. The summed E-state index contributed by atoms with van der Waals surface area (Å²) < 4.78 is 53.0. The molecule has 0 saturated heterocycles. The molecule has 6 nitrogen and oxygen atoms in total. The van der Waals surface area contributed by atoms with Crippen LogP contribution in [0.2, 0.25) is 5.02 Å². The van der Waals surface area contributed by atoms with E-state index in [-0.39, 0.29) is 12.1 Å². The van der Waals surface area contributed by atoms with E-state index >= 15 is 0 Å². The third kappa shape index (κ3) is 3.46. The molecular weight excluding hydrogens is 426 g/mol. The van der Waals surface area contributed by atoms with Crippen LogP contribution in [0.4, 0.5) is 23.4 Å². The molecule has 11 heteroatoms. The number of halogens is 5. The summed E-state index contributed by atoms with van der Waals surface area (Å²) in [6, 6.07) is 5.28. The molecule has 2 N–H and O–H groups in total. The van der Waals surface area contributed by atoms with Crippen molar-refractivity contribution in [1.29, 1.82) is 0 Å². The maximum atomic E-state index is 13.6. The Kier molecular flexibility index (Phi) is 5.07. The largest absolute Gasteiger partial charge is 0.417 e. The predicted molar refractivity (Wildman–Crippen MR) is 102 cm³/mol. The molecule has 2 aromatic rings. The first-order valence-corrected chi connectivity index (χ1v) is 9.39. The van der Waals surface area contributed by atoms with Crippen LogP contribution in [0.3, 0.4) is 0 Å². The Morgan fingerprint density at radius 1 is 1.30 bits per heavy atom. The van der Waals surface area contributed by atoms with Crippen molar-refractivity contribution in [3.05, 3.63) is 69.9 Å². The van der Waals surface area contributed by atoms with E-state index in [0.717, 1.165) is 17.8 Å². The average Bonchev–Trinajstić information content (AvgIpc) is 3.12. The van der Waals surface area contributed by atoms with E-state index in [4.69, 9.17) is 11.6 Å². The number of aromatic nitrogens is 1. The van der Waals surface area contributed by atoms with E-state index in [1.165, 1.54) is 29.3 Å². The number of benzene rings is 1. The Balaban J connectivity index is 1.62. The number of hydrazine groups is 2. The average molecular weight is 442 g/mol. The number of nitrogens with one attached hydrogen (secondary N) is 2. The van der Waals surface area contributed by atoms with Crippen LogP contribution in [0.1, 0.15) is 29.3 Å². The fourth-order valence-electron chi connectivity index (χ4n) is 3.60. The zero-order valence-electron chi connectivity index (χ0n) is 15.6. The summed E-state index contributed by atoms with van der Waals surface area (Å²) in [5, 5.41) is 0.957. The van der Waals surface area contributed by atoms with Gasteiger partial charge in [0.05, 0.1) is 33.6 Å². The highest BCUT2D eigenvalue weighted by molar-refractivity contribution is 6.34. The van der Waals surface area contributed by atoms with Crippen molar-refractivity contribution < 1.29 is 22.4 Å². The van der Waals surface area contributed by atoms with Crippen LogP contribution in [0.15, 0.2) is 47.9 Å². The summed E-state index contributed by atoms with van der Waals surface area (Å²) in [5.74, 6) is -0.717. The molecule has 0 fully saturated rings. The molecule has 4 rings (SSSR count). The standard InChI is InChI=1S/C19H16ClF4N5O/c1-10-17-14(29(27-26-17)15-9-11(21)5-7-25-15)6-8-28(10)18(30)12-3-2-4-13(16(12)20)19(22,23)24/h2-5,7,9-10,26-27H,6,8H2,1H3/t10-/m0/s1. The molecule has 0 bridgehead atoms.